The summed E-state index contributed by atoms with van der Waals surface area (Å²) in [5.74, 6) is -0.261. The molecule has 1 unspecified atom stereocenters. The maximum Gasteiger partial charge on any atom is 0.137 e. The summed E-state index contributed by atoms with van der Waals surface area (Å²) in [5.41, 5.74) is 2.81. The van der Waals surface area contributed by atoms with Crippen LogP contribution in [0.3, 0.4) is 0 Å². The van der Waals surface area contributed by atoms with E-state index in [1.807, 2.05) is 20.9 Å². The third-order valence-electron chi connectivity index (χ3n) is 3.46. The number of hydrogen-bond acceptors (Lipinski definition) is 2. The second-order valence-corrected chi connectivity index (χ2v) is 6.19. The Kier molecular flexibility index (Phi) is 5.41. The molecule has 0 aliphatic carbocycles. The van der Waals surface area contributed by atoms with Crippen LogP contribution in [0.1, 0.15) is 29.9 Å². The van der Waals surface area contributed by atoms with Gasteiger partial charge in [0.1, 0.15) is 5.82 Å². The summed E-state index contributed by atoms with van der Waals surface area (Å²) in [7, 11) is 1.89. The zero-order valence-electron chi connectivity index (χ0n) is 12.3. The summed E-state index contributed by atoms with van der Waals surface area (Å²) in [4.78, 5) is 0. The third kappa shape index (κ3) is 3.65. The Bertz CT molecular complexity index is 642. The fourth-order valence-electron chi connectivity index (χ4n) is 2.38. The molecule has 2 rings (SSSR count). The molecule has 1 N–H and O–H groups in total. The highest BCUT2D eigenvalue weighted by atomic mass is 79.9. The van der Waals surface area contributed by atoms with E-state index in [9.17, 15) is 4.39 Å². The van der Waals surface area contributed by atoms with E-state index in [1.54, 1.807) is 16.8 Å². The minimum atomic E-state index is -0.261. The van der Waals surface area contributed by atoms with E-state index in [-0.39, 0.29) is 11.9 Å². The van der Waals surface area contributed by atoms with Gasteiger partial charge in [-0.3, -0.25) is 4.68 Å². The lowest BCUT2D eigenvalue weighted by Crippen LogP contribution is -2.24. The van der Waals surface area contributed by atoms with Gasteiger partial charge in [0.05, 0.1) is 20.9 Å². The minimum Gasteiger partial charge on any atom is -0.310 e. The van der Waals surface area contributed by atoms with Gasteiger partial charge in [-0.1, -0.05) is 24.6 Å². The highest BCUT2D eigenvalue weighted by Crippen LogP contribution is 2.27. The van der Waals surface area contributed by atoms with Gasteiger partial charge in [0.2, 0.25) is 0 Å². The first-order valence-electron chi connectivity index (χ1n) is 6.80. The average molecular weight is 375 g/mol. The van der Waals surface area contributed by atoms with E-state index in [1.165, 1.54) is 6.07 Å². The van der Waals surface area contributed by atoms with Crippen LogP contribution in [0.4, 0.5) is 4.39 Å². The topological polar surface area (TPSA) is 29.9 Å². The standard InChI is InChI=1S/C15H18BrClFN3/c1-4-19-13(10-5-6-12(18)11(16)7-10)8-14-15(17)9(2)20-21(14)3/h5-7,13,19H,4,8H2,1-3H3. The predicted molar refractivity (Wildman–Crippen MR) is 87.2 cm³/mol. The molecular formula is C15H18BrClFN3. The molecule has 1 heterocycles. The minimum absolute atomic E-state index is 0.0548. The van der Waals surface area contributed by atoms with Gasteiger partial charge in [-0.2, -0.15) is 5.10 Å². The van der Waals surface area contributed by atoms with Crippen LogP contribution in [0.15, 0.2) is 22.7 Å². The monoisotopic (exact) mass is 373 g/mol. The first-order valence-corrected chi connectivity index (χ1v) is 7.97. The molecule has 1 aromatic carbocycles. The van der Waals surface area contributed by atoms with Crippen molar-refractivity contribution < 1.29 is 4.39 Å². The zero-order valence-corrected chi connectivity index (χ0v) is 14.6. The summed E-state index contributed by atoms with van der Waals surface area (Å²) in [5, 5.41) is 8.45. The molecule has 0 aliphatic heterocycles. The van der Waals surface area contributed by atoms with Gasteiger partial charge in [0.25, 0.3) is 0 Å². The molecule has 0 spiro atoms. The van der Waals surface area contributed by atoms with E-state index in [4.69, 9.17) is 11.6 Å². The van der Waals surface area contributed by atoms with E-state index < -0.39 is 0 Å². The van der Waals surface area contributed by atoms with Crippen molar-refractivity contribution in [3.63, 3.8) is 0 Å². The summed E-state index contributed by atoms with van der Waals surface area (Å²) < 4.78 is 15.7. The van der Waals surface area contributed by atoms with Crippen LogP contribution < -0.4 is 5.32 Å². The molecule has 0 aliphatic rings. The van der Waals surface area contributed by atoms with Crippen LogP contribution in [0.25, 0.3) is 0 Å². The van der Waals surface area contributed by atoms with Crippen molar-refractivity contribution >= 4 is 27.5 Å². The molecule has 21 heavy (non-hydrogen) atoms. The molecule has 1 aromatic heterocycles. The number of nitrogens with zero attached hydrogens (tertiary/aromatic N) is 2. The highest BCUT2D eigenvalue weighted by molar-refractivity contribution is 9.10. The van der Waals surface area contributed by atoms with Gasteiger partial charge in [-0.15, -0.1) is 0 Å². The van der Waals surface area contributed by atoms with Crippen LogP contribution in [0, 0.1) is 12.7 Å². The number of aryl methyl sites for hydroxylation is 2. The Labute approximate surface area is 137 Å². The number of likely N-dealkylation sites (N-methyl/N-ethyl adjacent to an activating group) is 1. The van der Waals surface area contributed by atoms with E-state index in [0.717, 1.165) is 23.5 Å². The zero-order chi connectivity index (χ0) is 15.6. The number of nitrogens with one attached hydrogen (secondary N) is 1. The van der Waals surface area contributed by atoms with Crippen LogP contribution in [0.2, 0.25) is 5.02 Å². The Hall–Kier alpha value is -0.910. The molecule has 1 atom stereocenters. The van der Waals surface area contributed by atoms with Gasteiger partial charge >= 0.3 is 0 Å². The molecule has 0 radical (unpaired) electrons. The van der Waals surface area contributed by atoms with Crippen molar-refractivity contribution in [2.75, 3.05) is 6.54 Å². The summed E-state index contributed by atoms with van der Waals surface area (Å²) in [6, 6.07) is 5.13. The fraction of sp³-hybridized carbons (Fsp3) is 0.400. The van der Waals surface area contributed by atoms with Crippen LogP contribution in [0.5, 0.6) is 0 Å². The first kappa shape index (κ1) is 16.5. The summed E-state index contributed by atoms with van der Waals surface area (Å²) >= 11 is 9.56. The Morgan fingerprint density at radius 2 is 2.19 bits per heavy atom. The molecule has 0 saturated heterocycles. The molecule has 6 heteroatoms. The maximum absolute atomic E-state index is 13.4. The summed E-state index contributed by atoms with van der Waals surface area (Å²) in [6.07, 6.45) is 0.697. The van der Waals surface area contributed by atoms with Crippen molar-refractivity contribution in [1.29, 1.82) is 0 Å². The molecule has 114 valence electrons. The summed E-state index contributed by atoms with van der Waals surface area (Å²) in [6.45, 7) is 4.75. The van der Waals surface area contributed by atoms with E-state index >= 15 is 0 Å². The number of rotatable bonds is 5. The van der Waals surface area contributed by atoms with Crippen molar-refractivity contribution in [3.8, 4) is 0 Å². The maximum atomic E-state index is 13.4. The number of aromatic nitrogens is 2. The van der Waals surface area contributed by atoms with Gasteiger partial charge in [-0.25, -0.2) is 4.39 Å². The van der Waals surface area contributed by atoms with Gasteiger partial charge in [-0.05, 0) is 47.1 Å². The Morgan fingerprint density at radius 1 is 1.48 bits per heavy atom. The molecular weight excluding hydrogens is 357 g/mol. The van der Waals surface area contributed by atoms with Crippen molar-refractivity contribution in [1.82, 2.24) is 15.1 Å². The first-order chi connectivity index (χ1) is 9.93. The van der Waals surface area contributed by atoms with Crippen molar-refractivity contribution in [2.45, 2.75) is 26.3 Å². The van der Waals surface area contributed by atoms with E-state index in [2.05, 4.69) is 26.3 Å². The quantitative estimate of drug-likeness (QED) is 0.851. The Balaban J connectivity index is 2.32. The molecule has 0 saturated carbocycles. The largest absolute Gasteiger partial charge is 0.310 e. The third-order valence-corrected chi connectivity index (χ3v) is 4.56. The van der Waals surface area contributed by atoms with Crippen LogP contribution in [-0.2, 0) is 13.5 Å². The highest BCUT2D eigenvalue weighted by Gasteiger charge is 2.18. The second-order valence-electron chi connectivity index (χ2n) is 4.96. The van der Waals surface area contributed by atoms with E-state index in [0.29, 0.717) is 15.9 Å². The van der Waals surface area contributed by atoms with Gasteiger partial charge < -0.3 is 5.32 Å². The molecule has 3 nitrogen and oxygen atoms in total. The van der Waals surface area contributed by atoms with Crippen LogP contribution >= 0.6 is 27.5 Å². The molecule has 0 fully saturated rings. The number of benzene rings is 1. The number of halogens is 3. The lowest BCUT2D eigenvalue weighted by atomic mass is 10.0. The van der Waals surface area contributed by atoms with Gasteiger partial charge in [0, 0.05) is 19.5 Å². The van der Waals surface area contributed by atoms with Crippen molar-refractivity contribution in [2.24, 2.45) is 7.05 Å². The molecule has 0 amide bonds. The Morgan fingerprint density at radius 3 is 2.71 bits per heavy atom. The second kappa shape index (κ2) is 6.90. The number of hydrogen-bond donors (Lipinski definition) is 1. The normalized spacial score (nSPS) is 12.7. The molecule has 0 bridgehead atoms. The fourth-order valence-corrected chi connectivity index (χ4v) is 3.01. The predicted octanol–water partition coefficient (Wildman–Crippen LogP) is 4.18. The molecule has 2 aromatic rings. The van der Waals surface area contributed by atoms with Gasteiger partial charge in [0.15, 0.2) is 0 Å². The SMILES string of the molecule is CCNC(Cc1c(Cl)c(C)nn1C)c1ccc(F)c(Br)c1. The smallest absolute Gasteiger partial charge is 0.137 e. The van der Waals surface area contributed by atoms with Crippen LogP contribution in [-0.4, -0.2) is 16.3 Å². The lowest BCUT2D eigenvalue weighted by molar-refractivity contribution is 0.526. The average Bonchev–Trinajstić information content (AvgIpc) is 2.68. The van der Waals surface area contributed by atoms with Crippen molar-refractivity contribution in [3.05, 3.63) is 50.5 Å². The lowest BCUT2D eigenvalue weighted by Gasteiger charge is -2.19.